The van der Waals surface area contributed by atoms with Gasteiger partial charge in [-0.15, -0.1) is 0 Å². The average Bonchev–Trinajstić information content (AvgIpc) is 2.99. The molecule has 2 aromatic rings. The van der Waals surface area contributed by atoms with Crippen molar-refractivity contribution >= 4 is 11.7 Å². The molecular weight excluding hydrogens is 246 g/mol. The molecule has 0 saturated heterocycles. The van der Waals surface area contributed by atoms with E-state index in [4.69, 9.17) is 15.4 Å². The first-order valence-electron chi connectivity index (χ1n) is 5.59. The molecule has 0 aliphatic heterocycles. The Bertz CT molecular complexity index is 564. The molecule has 1 aromatic carbocycles. The van der Waals surface area contributed by atoms with Gasteiger partial charge in [0.25, 0.3) is 5.91 Å². The summed E-state index contributed by atoms with van der Waals surface area (Å²) in [6.45, 7) is 0. The lowest BCUT2D eigenvalue weighted by Crippen LogP contribution is -2.37. The van der Waals surface area contributed by atoms with Crippen molar-refractivity contribution in [1.82, 2.24) is 5.32 Å². The number of furan rings is 1. The van der Waals surface area contributed by atoms with E-state index in [0.29, 0.717) is 5.56 Å². The molecule has 98 valence electrons. The predicted octanol–water partition coefficient (Wildman–Crippen LogP) is 1.50. The van der Waals surface area contributed by atoms with E-state index in [9.17, 15) is 4.79 Å². The highest BCUT2D eigenvalue weighted by Crippen LogP contribution is 2.14. The Kier molecular flexibility index (Phi) is 3.82. The van der Waals surface area contributed by atoms with E-state index < -0.39 is 11.9 Å². The summed E-state index contributed by atoms with van der Waals surface area (Å²) in [5.74, 6) is -0.386. The number of carbonyl (C=O) groups excluding carboxylic acids is 1. The summed E-state index contributed by atoms with van der Waals surface area (Å²) in [4.78, 5) is 11.9. The number of hydrogen-bond donors (Lipinski definition) is 3. The van der Waals surface area contributed by atoms with Gasteiger partial charge in [-0.25, -0.2) is 0 Å². The first-order chi connectivity index (χ1) is 9.22. The molecule has 0 fully saturated rings. The second kappa shape index (κ2) is 5.72. The van der Waals surface area contributed by atoms with Gasteiger partial charge in [0.1, 0.15) is 6.04 Å². The zero-order valence-electron chi connectivity index (χ0n) is 9.98. The highest BCUT2D eigenvalue weighted by atomic mass is 16.4. The Balaban J connectivity index is 2.23. The minimum Gasteiger partial charge on any atom is -0.459 e. The van der Waals surface area contributed by atoms with Crippen LogP contribution in [0.4, 0.5) is 0 Å². The first kappa shape index (κ1) is 12.7. The van der Waals surface area contributed by atoms with Crippen LogP contribution in [0.1, 0.15) is 22.2 Å². The van der Waals surface area contributed by atoms with Crippen molar-refractivity contribution in [2.75, 3.05) is 0 Å². The van der Waals surface area contributed by atoms with E-state index in [1.165, 1.54) is 12.3 Å². The smallest absolute Gasteiger partial charge is 0.287 e. The second-order valence-corrected chi connectivity index (χ2v) is 3.82. The number of carbonyl (C=O) groups is 1. The number of rotatable bonds is 4. The Morgan fingerprint density at radius 1 is 1.26 bits per heavy atom. The summed E-state index contributed by atoms with van der Waals surface area (Å²) in [7, 11) is 0. The Morgan fingerprint density at radius 3 is 2.58 bits per heavy atom. The summed E-state index contributed by atoms with van der Waals surface area (Å²) >= 11 is 0. The third kappa shape index (κ3) is 2.92. The maximum Gasteiger partial charge on any atom is 0.287 e. The van der Waals surface area contributed by atoms with Gasteiger partial charge in [0.15, 0.2) is 11.6 Å². The number of nitrogens with one attached hydrogen (secondary N) is 1. The van der Waals surface area contributed by atoms with E-state index in [-0.39, 0.29) is 11.6 Å². The Hall–Kier alpha value is -2.76. The van der Waals surface area contributed by atoms with Gasteiger partial charge in [0.2, 0.25) is 0 Å². The van der Waals surface area contributed by atoms with Crippen molar-refractivity contribution in [3.05, 3.63) is 60.1 Å². The molecule has 6 nitrogen and oxygen atoms in total. The number of amides is 1. The normalized spacial score (nSPS) is 12.9. The molecule has 0 radical (unpaired) electrons. The monoisotopic (exact) mass is 259 g/mol. The van der Waals surface area contributed by atoms with Crippen LogP contribution >= 0.6 is 0 Å². The molecule has 19 heavy (non-hydrogen) atoms. The van der Waals surface area contributed by atoms with Crippen LogP contribution in [0.15, 0.2) is 58.3 Å². The van der Waals surface area contributed by atoms with Crippen LogP contribution in [0.3, 0.4) is 0 Å². The molecule has 1 unspecified atom stereocenters. The zero-order chi connectivity index (χ0) is 13.7. The van der Waals surface area contributed by atoms with E-state index >= 15 is 0 Å². The summed E-state index contributed by atoms with van der Waals surface area (Å²) in [5.41, 5.74) is 6.31. The minimum atomic E-state index is -0.719. The molecular formula is C13H13N3O3. The number of nitrogens with two attached hydrogens (primary N) is 1. The van der Waals surface area contributed by atoms with Gasteiger partial charge in [0, 0.05) is 0 Å². The summed E-state index contributed by atoms with van der Waals surface area (Å²) < 4.78 is 4.99. The van der Waals surface area contributed by atoms with Gasteiger partial charge in [-0.1, -0.05) is 35.5 Å². The van der Waals surface area contributed by atoms with Gasteiger partial charge < -0.3 is 20.7 Å². The van der Waals surface area contributed by atoms with E-state index in [1.807, 2.05) is 6.07 Å². The number of oxime groups is 1. The van der Waals surface area contributed by atoms with Crippen molar-refractivity contribution < 1.29 is 14.4 Å². The third-order valence-corrected chi connectivity index (χ3v) is 2.56. The molecule has 2 rings (SSSR count). The molecule has 0 spiro atoms. The van der Waals surface area contributed by atoms with Crippen LogP contribution in [0.25, 0.3) is 0 Å². The minimum absolute atomic E-state index is 0.105. The van der Waals surface area contributed by atoms with Gasteiger partial charge in [-0.2, -0.15) is 0 Å². The summed E-state index contributed by atoms with van der Waals surface area (Å²) in [6, 6.07) is 11.4. The summed E-state index contributed by atoms with van der Waals surface area (Å²) in [6.07, 6.45) is 1.40. The van der Waals surface area contributed by atoms with Crippen LogP contribution in [0.5, 0.6) is 0 Å². The van der Waals surface area contributed by atoms with Gasteiger partial charge in [-0.05, 0) is 17.7 Å². The molecule has 0 bridgehead atoms. The molecule has 1 aromatic heterocycles. The molecule has 4 N–H and O–H groups in total. The fraction of sp³-hybridized carbons (Fsp3) is 0.0769. The summed E-state index contributed by atoms with van der Waals surface area (Å²) in [5, 5.41) is 14.4. The molecule has 1 heterocycles. The molecule has 1 amide bonds. The van der Waals surface area contributed by atoms with Crippen LogP contribution in [-0.4, -0.2) is 17.0 Å². The maximum absolute atomic E-state index is 11.9. The lowest BCUT2D eigenvalue weighted by atomic mass is 10.1. The molecule has 1 atom stereocenters. The molecule has 6 heteroatoms. The topological polar surface area (TPSA) is 101 Å². The fourth-order valence-electron chi connectivity index (χ4n) is 1.64. The number of nitrogens with zero attached hydrogens (tertiary/aromatic N) is 1. The number of amidine groups is 1. The van der Waals surface area contributed by atoms with Gasteiger partial charge in [0.05, 0.1) is 6.26 Å². The lowest BCUT2D eigenvalue weighted by Gasteiger charge is -2.16. The van der Waals surface area contributed by atoms with Gasteiger partial charge in [-0.3, -0.25) is 4.79 Å². The third-order valence-electron chi connectivity index (χ3n) is 2.56. The van der Waals surface area contributed by atoms with Crippen LogP contribution in [0.2, 0.25) is 0 Å². The van der Waals surface area contributed by atoms with Crippen molar-refractivity contribution in [1.29, 1.82) is 0 Å². The van der Waals surface area contributed by atoms with Crippen LogP contribution in [0, 0.1) is 0 Å². The van der Waals surface area contributed by atoms with Gasteiger partial charge >= 0.3 is 0 Å². The van der Waals surface area contributed by atoms with Crippen molar-refractivity contribution in [3.8, 4) is 0 Å². The Labute approximate surface area is 109 Å². The second-order valence-electron chi connectivity index (χ2n) is 3.82. The van der Waals surface area contributed by atoms with Crippen LogP contribution in [-0.2, 0) is 0 Å². The number of hydrogen-bond acceptors (Lipinski definition) is 4. The predicted molar refractivity (Wildman–Crippen MR) is 68.8 cm³/mol. The molecule has 0 aliphatic rings. The Morgan fingerprint density at radius 2 is 2.00 bits per heavy atom. The SMILES string of the molecule is N/C(=N\O)C(NC(=O)c1ccco1)c1ccccc1. The van der Waals surface area contributed by atoms with Crippen molar-refractivity contribution in [2.24, 2.45) is 10.9 Å². The van der Waals surface area contributed by atoms with E-state index in [1.54, 1.807) is 30.3 Å². The fourth-order valence-corrected chi connectivity index (χ4v) is 1.64. The standard InChI is InChI=1S/C13H13N3O3/c14-12(16-18)11(9-5-2-1-3-6-9)15-13(17)10-7-4-8-19-10/h1-8,11,18H,(H2,14,16)(H,15,17). The first-order valence-corrected chi connectivity index (χ1v) is 5.59. The van der Waals surface area contributed by atoms with Crippen LogP contribution < -0.4 is 11.1 Å². The quantitative estimate of drug-likeness (QED) is 0.335. The zero-order valence-corrected chi connectivity index (χ0v) is 9.98. The average molecular weight is 259 g/mol. The van der Waals surface area contributed by atoms with Crippen molar-refractivity contribution in [3.63, 3.8) is 0 Å². The molecule has 0 aliphatic carbocycles. The highest BCUT2D eigenvalue weighted by molar-refractivity contribution is 5.96. The maximum atomic E-state index is 11.9. The largest absolute Gasteiger partial charge is 0.459 e. The highest BCUT2D eigenvalue weighted by Gasteiger charge is 2.20. The number of benzene rings is 1. The molecule has 0 saturated carbocycles. The van der Waals surface area contributed by atoms with E-state index in [2.05, 4.69) is 10.5 Å². The lowest BCUT2D eigenvalue weighted by molar-refractivity contribution is 0.0918. The van der Waals surface area contributed by atoms with Crippen molar-refractivity contribution in [2.45, 2.75) is 6.04 Å². The van der Waals surface area contributed by atoms with E-state index in [0.717, 1.165) is 0 Å².